The zero-order valence-electron chi connectivity index (χ0n) is 51.1. The van der Waals surface area contributed by atoms with Crippen molar-refractivity contribution in [3.05, 3.63) is 146 Å². The monoisotopic (exact) mass is 1090 g/mol. The van der Waals surface area contributed by atoms with Crippen LogP contribution in [0.2, 0.25) is 0 Å². The van der Waals surface area contributed by atoms with E-state index in [0.29, 0.717) is 19.3 Å². The fourth-order valence-corrected chi connectivity index (χ4v) is 8.51. The van der Waals surface area contributed by atoms with Crippen LogP contribution in [0.1, 0.15) is 278 Å². The summed E-state index contributed by atoms with van der Waals surface area (Å²) in [5.41, 5.74) is 0. The third-order valence-electron chi connectivity index (χ3n) is 13.3. The number of esters is 3. The molecule has 1 atom stereocenters. The summed E-state index contributed by atoms with van der Waals surface area (Å²) in [4.78, 5) is 38.2. The Morgan fingerprint density at radius 3 is 0.785 bits per heavy atom. The van der Waals surface area contributed by atoms with Crippen molar-refractivity contribution in [2.75, 3.05) is 13.2 Å². The second-order valence-corrected chi connectivity index (χ2v) is 20.9. The summed E-state index contributed by atoms with van der Waals surface area (Å²) in [6.07, 6.45) is 94.3. The van der Waals surface area contributed by atoms with Gasteiger partial charge in [0.25, 0.3) is 0 Å². The molecule has 1 unspecified atom stereocenters. The van der Waals surface area contributed by atoms with E-state index in [0.717, 1.165) is 154 Å². The summed E-state index contributed by atoms with van der Waals surface area (Å²) >= 11 is 0. The molecule has 0 saturated heterocycles. The van der Waals surface area contributed by atoms with Gasteiger partial charge in [0.15, 0.2) is 6.10 Å². The van der Waals surface area contributed by atoms with Crippen molar-refractivity contribution < 1.29 is 28.6 Å². The predicted octanol–water partition coefficient (Wildman–Crippen LogP) is 22.3. The lowest BCUT2D eigenvalue weighted by Gasteiger charge is -2.18. The van der Waals surface area contributed by atoms with Crippen molar-refractivity contribution in [1.29, 1.82) is 0 Å². The van der Waals surface area contributed by atoms with Crippen LogP contribution < -0.4 is 0 Å². The molecule has 0 aromatic carbocycles. The maximum atomic E-state index is 12.9. The summed E-state index contributed by atoms with van der Waals surface area (Å²) < 4.78 is 16.9. The number of allylic oxidation sites excluding steroid dienone is 24. The lowest BCUT2D eigenvalue weighted by molar-refractivity contribution is -0.167. The maximum Gasteiger partial charge on any atom is 0.306 e. The third-order valence-corrected chi connectivity index (χ3v) is 13.3. The molecule has 446 valence electrons. The largest absolute Gasteiger partial charge is 0.462 e. The first kappa shape index (κ1) is 74.3. The van der Waals surface area contributed by atoms with Gasteiger partial charge in [-0.15, -0.1) is 0 Å². The Morgan fingerprint density at radius 1 is 0.266 bits per heavy atom. The van der Waals surface area contributed by atoms with Crippen LogP contribution in [-0.4, -0.2) is 37.2 Å². The lowest BCUT2D eigenvalue weighted by atomic mass is 10.0. The molecule has 0 amide bonds. The third kappa shape index (κ3) is 64.0. The molecule has 6 nitrogen and oxygen atoms in total. The van der Waals surface area contributed by atoms with Crippen LogP contribution in [0.15, 0.2) is 146 Å². The number of unbranched alkanes of at least 4 members (excludes halogenated alkanes) is 22. The van der Waals surface area contributed by atoms with Crippen molar-refractivity contribution in [2.45, 2.75) is 284 Å². The summed E-state index contributed by atoms with van der Waals surface area (Å²) in [5.74, 6) is -0.933. The first-order valence-corrected chi connectivity index (χ1v) is 32.3. The number of hydrogen-bond acceptors (Lipinski definition) is 6. The van der Waals surface area contributed by atoms with E-state index in [4.69, 9.17) is 14.2 Å². The lowest BCUT2D eigenvalue weighted by Crippen LogP contribution is -2.30. The minimum Gasteiger partial charge on any atom is -0.462 e. The Kier molecular flexibility index (Phi) is 61.9. The highest BCUT2D eigenvalue weighted by molar-refractivity contribution is 5.71. The van der Waals surface area contributed by atoms with E-state index in [1.807, 2.05) is 0 Å². The molecule has 0 aromatic heterocycles. The molecule has 0 fully saturated rings. The highest BCUT2D eigenvalue weighted by Gasteiger charge is 2.19. The highest BCUT2D eigenvalue weighted by atomic mass is 16.6. The maximum absolute atomic E-state index is 12.9. The Bertz CT molecular complexity index is 1730. The molecule has 0 radical (unpaired) electrons. The first-order valence-electron chi connectivity index (χ1n) is 32.3. The molecule has 6 heteroatoms. The summed E-state index contributed by atoms with van der Waals surface area (Å²) in [6, 6.07) is 0. The van der Waals surface area contributed by atoms with E-state index in [1.54, 1.807) is 0 Å². The standard InChI is InChI=1S/C73H118O6/c1-4-7-10-13-16-19-22-24-26-28-29-30-31-32-33-34-35-36-37-38-39-40-41-42-43-45-46-48-51-54-57-60-63-66-72(75)78-69-70(68-77-71(74)65-62-59-56-53-50-21-18-15-12-9-6-3)79-73(76)67-64-61-58-55-52-49-47-44-27-25-23-20-17-14-11-8-5-2/h7-8,10-11,15-20,24-27,29-30,32-33,35-36,38-39,47,49,70H,4-6,9,12-14,21-23,28,31,34,37,40-46,48,50-69H2,1-3H3/b10-7-,11-8-,18-15-,19-16-,20-17-,26-24-,27-25-,30-29-,33-32-,36-35-,39-38-,49-47-. The molecule has 0 saturated carbocycles. The molecule has 0 aliphatic rings. The Hall–Kier alpha value is -4.71. The molecule has 0 N–H and O–H groups in total. The second kappa shape index (κ2) is 65.8. The van der Waals surface area contributed by atoms with E-state index in [1.165, 1.54) is 83.5 Å². The molecule has 0 aliphatic heterocycles. The van der Waals surface area contributed by atoms with Crippen molar-refractivity contribution in [2.24, 2.45) is 0 Å². The summed E-state index contributed by atoms with van der Waals surface area (Å²) in [7, 11) is 0. The van der Waals surface area contributed by atoms with Crippen molar-refractivity contribution in [3.8, 4) is 0 Å². The summed E-state index contributed by atoms with van der Waals surface area (Å²) in [6.45, 7) is 6.34. The van der Waals surface area contributed by atoms with Crippen molar-refractivity contribution in [3.63, 3.8) is 0 Å². The molecule has 0 heterocycles. The van der Waals surface area contributed by atoms with Gasteiger partial charge in [-0.3, -0.25) is 14.4 Å². The molecule has 79 heavy (non-hydrogen) atoms. The Balaban J connectivity index is 4.25. The summed E-state index contributed by atoms with van der Waals surface area (Å²) in [5, 5.41) is 0. The van der Waals surface area contributed by atoms with Gasteiger partial charge in [-0.05, 0) is 135 Å². The SMILES string of the molecule is CC/C=C\C/C=C\C/C=C\C/C=C\C/C=C\C/C=C\C/C=C\CCCCCCCCCCCCCC(=O)OCC(COC(=O)CCCCCCC/C=C\CCCC)OC(=O)CCCCCC/C=C\C/C=C\C/C=C\C/C=C\CC. The molecule has 0 spiro atoms. The zero-order chi connectivity index (χ0) is 57.1. The highest BCUT2D eigenvalue weighted by Crippen LogP contribution is 2.15. The number of ether oxygens (including phenoxy) is 3. The van der Waals surface area contributed by atoms with E-state index in [2.05, 4.69) is 167 Å². The zero-order valence-corrected chi connectivity index (χ0v) is 51.1. The number of hydrogen-bond donors (Lipinski definition) is 0. The molecule has 0 aliphatic carbocycles. The van der Waals surface area contributed by atoms with Crippen LogP contribution in [0.25, 0.3) is 0 Å². The van der Waals surface area contributed by atoms with Crippen molar-refractivity contribution >= 4 is 17.9 Å². The van der Waals surface area contributed by atoms with Gasteiger partial charge in [-0.25, -0.2) is 0 Å². The topological polar surface area (TPSA) is 78.9 Å². The number of rotatable bonds is 57. The van der Waals surface area contributed by atoms with E-state index in [-0.39, 0.29) is 31.1 Å². The smallest absolute Gasteiger partial charge is 0.306 e. The van der Waals surface area contributed by atoms with Crippen LogP contribution in [-0.2, 0) is 28.6 Å². The Labute approximate surface area is 487 Å². The van der Waals surface area contributed by atoms with E-state index >= 15 is 0 Å². The fourth-order valence-electron chi connectivity index (χ4n) is 8.51. The first-order chi connectivity index (χ1) is 39.0. The van der Waals surface area contributed by atoms with Gasteiger partial charge in [0.1, 0.15) is 13.2 Å². The minimum absolute atomic E-state index is 0.0959. The van der Waals surface area contributed by atoms with Crippen LogP contribution in [0.5, 0.6) is 0 Å². The van der Waals surface area contributed by atoms with E-state index < -0.39 is 6.10 Å². The second-order valence-electron chi connectivity index (χ2n) is 20.9. The minimum atomic E-state index is -0.801. The van der Waals surface area contributed by atoms with Gasteiger partial charge in [0.05, 0.1) is 0 Å². The molecular formula is C73H118O6. The quantitative estimate of drug-likeness (QED) is 0.0261. The van der Waals surface area contributed by atoms with Crippen LogP contribution in [0.3, 0.4) is 0 Å². The average molecular weight is 1090 g/mol. The van der Waals surface area contributed by atoms with Gasteiger partial charge >= 0.3 is 17.9 Å². The van der Waals surface area contributed by atoms with Crippen LogP contribution >= 0.6 is 0 Å². The van der Waals surface area contributed by atoms with Gasteiger partial charge in [0, 0.05) is 19.3 Å². The predicted molar refractivity (Wildman–Crippen MR) is 343 cm³/mol. The molecule has 0 aromatic rings. The van der Waals surface area contributed by atoms with Gasteiger partial charge < -0.3 is 14.2 Å². The molecular weight excluding hydrogens is 973 g/mol. The number of carbonyl (C=O) groups excluding carboxylic acids is 3. The average Bonchev–Trinajstić information content (AvgIpc) is 3.45. The Morgan fingerprint density at radius 2 is 0.494 bits per heavy atom. The van der Waals surface area contributed by atoms with E-state index in [9.17, 15) is 14.4 Å². The van der Waals surface area contributed by atoms with Crippen LogP contribution in [0.4, 0.5) is 0 Å². The van der Waals surface area contributed by atoms with Crippen LogP contribution in [0, 0.1) is 0 Å². The van der Waals surface area contributed by atoms with Gasteiger partial charge in [0.2, 0.25) is 0 Å². The van der Waals surface area contributed by atoms with Gasteiger partial charge in [-0.2, -0.15) is 0 Å². The van der Waals surface area contributed by atoms with Gasteiger partial charge in [-0.1, -0.05) is 269 Å². The number of carbonyl (C=O) groups is 3. The van der Waals surface area contributed by atoms with Crippen molar-refractivity contribution in [1.82, 2.24) is 0 Å². The normalized spacial score (nSPS) is 13.1. The molecule has 0 bridgehead atoms. The molecule has 0 rings (SSSR count). The fraction of sp³-hybridized carbons (Fsp3) is 0.630.